The number of Topliss-reactive ketones (excluding diaryl/α,β-unsaturated/α-hetero) is 1. The van der Waals surface area contributed by atoms with Crippen LogP contribution >= 0.6 is 0 Å². The summed E-state index contributed by atoms with van der Waals surface area (Å²) in [6.45, 7) is 7.16. The zero-order valence-electron chi connectivity index (χ0n) is 19.2. The van der Waals surface area contributed by atoms with Gasteiger partial charge >= 0.3 is 0 Å². The van der Waals surface area contributed by atoms with E-state index in [2.05, 4.69) is 26.7 Å². The minimum Gasteiger partial charge on any atom is -0.383 e. The van der Waals surface area contributed by atoms with Crippen LogP contribution in [0.5, 0.6) is 0 Å². The summed E-state index contributed by atoms with van der Waals surface area (Å²) in [5.74, 6) is 0.0131. The molecule has 3 heterocycles. The van der Waals surface area contributed by atoms with Gasteiger partial charge in [-0.25, -0.2) is 9.97 Å². The fourth-order valence-corrected chi connectivity index (χ4v) is 3.31. The summed E-state index contributed by atoms with van der Waals surface area (Å²) in [6, 6.07) is 7.56. The van der Waals surface area contributed by atoms with E-state index < -0.39 is 5.60 Å². The van der Waals surface area contributed by atoms with Crippen LogP contribution in [0.4, 0.5) is 5.69 Å². The summed E-state index contributed by atoms with van der Waals surface area (Å²) in [6.07, 6.45) is 5.45. The van der Waals surface area contributed by atoms with E-state index in [9.17, 15) is 14.7 Å². The number of carbonyl (C=O) groups excluding carboxylic acids is 2. The number of hydrogen-bond donors (Lipinski definition) is 3. The molecule has 0 radical (unpaired) electrons. The van der Waals surface area contributed by atoms with Crippen molar-refractivity contribution in [3.05, 3.63) is 47.9 Å². The van der Waals surface area contributed by atoms with E-state index in [1.54, 1.807) is 16.7 Å². The SMILES string of the molecule is CC(C)Nc1cc(-n2ccc3cc(C#N)cnc32)ncc1C(=O)NCCCC(=O)C(C)(C)O. The van der Waals surface area contributed by atoms with Crippen LogP contribution in [0, 0.1) is 11.3 Å². The summed E-state index contributed by atoms with van der Waals surface area (Å²) >= 11 is 0. The highest BCUT2D eigenvalue weighted by Gasteiger charge is 2.23. The topological polar surface area (TPSA) is 133 Å². The van der Waals surface area contributed by atoms with Gasteiger partial charge in [-0.2, -0.15) is 5.26 Å². The van der Waals surface area contributed by atoms with Crippen molar-refractivity contribution in [2.75, 3.05) is 11.9 Å². The molecule has 0 spiro atoms. The summed E-state index contributed by atoms with van der Waals surface area (Å²) in [4.78, 5) is 33.5. The molecule has 172 valence electrons. The molecule has 0 aromatic carbocycles. The molecule has 0 bridgehead atoms. The van der Waals surface area contributed by atoms with Gasteiger partial charge in [0.25, 0.3) is 5.91 Å². The van der Waals surface area contributed by atoms with E-state index >= 15 is 0 Å². The van der Waals surface area contributed by atoms with Crippen LogP contribution in [-0.2, 0) is 4.79 Å². The number of nitrogens with zero attached hydrogens (tertiary/aromatic N) is 4. The number of ketones is 1. The maximum atomic E-state index is 12.8. The van der Waals surface area contributed by atoms with E-state index in [1.807, 2.05) is 26.1 Å². The number of amides is 1. The first kappa shape index (κ1) is 23.9. The quantitative estimate of drug-likeness (QED) is 0.429. The van der Waals surface area contributed by atoms with Crippen molar-refractivity contribution in [1.82, 2.24) is 19.9 Å². The van der Waals surface area contributed by atoms with Crippen molar-refractivity contribution in [1.29, 1.82) is 5.26 Å². The number of carbonyl (C=O) groups is 2. The Morgan fingerprint density at radius 1 is 1.24 bits per heavy atom. The molecule has 0 aliphatic heterocycles. The number of nitrogens with one attached hydrogen (secondary N) is 2. The number of aromatic nitrogens is 3. The second-order valence-electron chi connectivity index (χ2n) is 8.66. The van der Waals surface area contributed by atoms with Crippen LogP contribution in [-0.4, -0.2) is 49.5 Å². The maximum absolute atomic E-state index is 12.8. The highest BCUT2D eigenvalue weighted by molar-refractivity contribution is 5.99. The van der Waals surface area contributed by atoms with Gasteiger partial charge < -0.3 is 15.7 Å². The van der Waals surface area contributed by atoms with Gasteiger partial charge in [0.15, 0.2) is 5.78 Å². The molecule has 0 aliphatic carbocycles. The number of anilines is 1. The van der Waals surface area contributed by atoms with Crippen molar-refractivity contribution in [2.24, 2.45) is 0 Å². The molecule has 0 aliphatic rings. The lowest BCUT2D eigenvalue weighted by molar-refractivity contribution is -0.134. The normalized spacial score (nSPS) is 11.4. The van der Waals surface area contributed by atoms with Crippen LogP contribution in [0.25, 0.3) is 16.9 Å². The second-order valence-corrected chi connectivity index (χ2v) is 8.66. The van der Waals surface area contributed by atoms with Gasteiger partial charge in [0, 0.05) is 49.1 Å². The first-order valence-corrected chi connectivity index (χ1v) is 10.8. The molecule has 9 nitrogen and oxygen atoms in total. The first-order chi connectivity index (χ1) is 15.6. The van der Waals surface area contributed by atoms with Crippen molar-refractivity contribution < 1.29 is 14.7 Å². The lowest BCUT2D eigenvalue weighted by atomic mass is 10.00. The van der Waals surface area contributed by atoms with Crippen LogP contribution < -0.4 is 10.6 Å². The molecule has 3 rings (SSSR count). The zero-order valence-corrected chi connectivity index (χ0v) is 19.2. The molecule has 3 aromatic heterocycles. The van der Waals surface area contributed by atoms with Gasteiger partial charge in [-0.3, -0.25) is 14.2 Å². The Bertz CT molecular complexity index is 1220. The fraction of sp³-hybridized carbons (Fsp3) is 0.375. The van der Waals surface area contributed by atoms with Gasteiger partial charge in [0.2, 0.25) is 0 Å². The van der Waals surface area contributed by atoms with Crippen molar-refractivity contribution in [3.63, 3.8) is 0 Å². The molecule has 1 amide bonds. The average molecular weight is 449 g/mol. The molecular weight excluding hydrogens is 420 g/mol. The number of hydrogen-bond acceptors (Lipinski definition) is 7. The summed E-state index contributed by atoms with van der Waals surface area (Å²) in [5.41, 5.74) is 0.775. The minimum absolute atomic E-state index is 0.0777. The molecule has 3 N–H and O–H groups in total. The predicted octanol–water partition coefficient (Wildman–Crippen LogP) is 2.96. The number of fused-ring (bicyclic) bond motifs is 1. The summed E-state index contributed by atoms with van der Waals surface area (Å²) in [5, 5.41) is 25.7. The lowest BCUT2D eigenvalue weighted by Gasteiger charge is -2.17. The monoisotopic (exact) mass is 448 g/mol. The van der Waals surface area contributed by atoms with Gasteiger partial charge in [-0.05, 0) is 46.2 Å². The van der Waals surface area contributed by atoms with Crippen LogP contribution in [0.1, 0.15) is 56.5 Å². The lowest BCUT2D eigenvalue weighted by Crippen LogP contribution is -2.32. The molecule has 0 saturated carbocycles. The molecular formula is C24H28N6O3. The Morgan fingerprint density at radius 2 is 2.00 bits per heavy atom. The Balaban J connectivity index is 1.80. The number of rotatable bonds is 9. The van der Waals surface area contributed by atoms with Crippen LogP contribution in [0.3, 0.4) is 0 Å². The fourth-order valence-electron chi connectivity index (χ4n) is 3.31. The van der Waals surface area contributed by atoms with Crippen LogP contribution in [0.2, 0.25) is 0 Å². The van der Waals surface area contributed by atoms with E-state index in [-0.39, 0.29) is 24.2 Å². The molecule has 0 atom stereocenters. The number of pyridine rings is 2. The van der Waals surface area contributed by atoms with E-state index in [1.165, 1.54) is 26.2 Å². The van der Waals surface area contributed by atoms with Crippen molar-refractivity contribution in [2.45, 2.75) is 52.2 Å². The number of nitriles is 1. The summed E-state index contributed by atoms with van der Waals surface area (Å²) < 4.78 is 1.80. The van der Waals surface area contributed by atoms with Gasteiger partial charge in [0.1, 0.15) is 23.1 Å². The molecule has 33 heavy (non-hydrogen) atoms. The smallest absolute Gasteiger partial charge is 0.254 e. The third-order valence-electron chi connectivity index (χ3n) is 5.03. The first-order valence-electron chi connectivity index (χ1n) is 10.8. The Morgan fingerprint density at radius 3 is 2.67 bits per heavy atom. The highest BCUT2D eigenvalue weighted by Crippen LogP contribution is 2.23. The highest BCUT2D eigenvalue weighted by atomic mass is 16.3. The largest absolute Gasteiger partial charge is 0.383 e. The summed E-state index contributed by atoms with van der Waals surface area (Å²) in [7, 11) is 0. The molecule has 9 heteroatoms. The standard InChI is InChI=1S/C24H28N6O3/c1-15(2)29-19-11-21(30-9-7-17-10-16(12-25)13-28-22(17)30)27-14-18(19)23(32)26-8-5-6-20(31)24(3,4)33/h7,9-11,13-15,33H,5-6,8H2,1-4H3,(H,26,32)(H,27,29). The van der Waals surface area contributed by atoms with Gasteiger partial charge in [-0.15, -0.1) is 0 Å². The third kappa shape index (κ3) is 5.73. The van der Waals surface area contributed by atoms with Gasteiger partial charge in [-0.1, -0.05) is 0 Å². The Hall–Kier alpha value is -3.77. The van der Waals surface area contributed by atoms with Crippen molar-refractivity contribution >= 4 is 28.4 Å². The Kier molecular flexibility index (Phi) is 7.09. The van der Waals surface area contributed by atoms with Gasteiger partial charge in [0.05, 0.1) is 16.8 Å². The third-order valence-corrected chi connectivity index (χ3v) is 5.03. The number of aliphatic hydroxyl groups is 1. The average Bonchev–Trinajstić information content (AvgIpc) is 3.18. The van der Waals surface area contributed by atoms with E-state index in [4.69, 9.17) is 5.26 Å². The van der Waals surface area contributed by atoms with E-state index in [0.29, 0.717) is 41.2 Å². The van der Waals surface area contributed by atoms with E-state index in [0.717, 1.165) is 5.39 Å². The molecule has 0 fully saturated rings. The zero-order chi connectivity index (χ0) is 24.2. The second kappa shape index (κ2) is 9.79. The molecule has 3 aromatic rings. The predicted molar refractivity (Wildman–Crippen MR) is 125 cm³/mol. The maximum Gasteiger partial charge on any atom is 0.254 e. The molecule has 0 unspecified atom stereocenters. The molecule has 0 saturated heterocycles. The Labute approximate surface area is 192 Å². The van der Waals surface area contributed by atoms with Crippen molar-refractivity contribution in [3.8, 4) is 11.9 Å². The minimum atomic E-state index is -1.37. The van der Waals surface area contributed by atoms with Crippen LogP contribution in [0.15, 0.2) is 36.8 Å².